The third kappa shape index (κ3) is 5.19. The number of halogens is 1. The monoisotopic (exact) mass is 266 g/mol. The Morgan fingerprint density at radius 3 is 2.78 bits per heavy atom. The number of rotatable bonds is 6. The van der Waals surface area contributed by atoms with Gasteiger partial charge >= 0.3 is 0 Å². The van der Waals surface area contributed by atoms with E-state index in [0.717, 1.165) is 12.2 Å². The minimum Gasteiger partial charge on any atom is -0.325 e. The first kappa shape index (κ1) is 14.5. The molecule has 3 nitrogen and oxygen atoms in total. The topological polar surface area (TPSA) is 52.9 Å². The van der Waals surface area contributed by atoms with Gasteiger partial charge in [-0.1, -0.05) is 0 Å². The summed E-state index contributed by atoms with van der Waals surface area (Å²) in [5.41, 5.74) is 0.589. The van der Waals surface area contributed by atoms with Gasteiger partial charge in [0, 0.05) is 12.1 Å². The van der Waals surface area contributed by atoms with E-state index in [9.17, 15) is 9.18 Å². The fourth-order valence-electron chi connectivity index (χ4n) is 1.26. The van der Waals surface area contributed by atoms with Crippen LogP contribution in [0.3, 0.4) is 0 Å². The number of carbonyl (C=O) groups is 1. The number of amides is 1. The van der Waals surface area contributed by atoms with Gasteiger partial charge in [-0.25, -0.2) is 4.39 Å². The summed E-state index contributed by atoms with van der Waals surface area (Å²) in [5.74, 6) is 0.349. The van der Waals surface area contributed by atoms with E-state index < -0.39 is 0 Å². The maximum absolute atomic E-state index is 12.7. The van der Waals surface area contributed by atoms with Gasteiger partial charge < -0.3 is 5.32 Å². The Hall–Kier alpha value is -1.54. The molecule has 1 amide bonds. The maximum Gasteiger partial charge on any atom is 0.237 e. The van der Waals surface area contributed by atoms with E-state index in [1.165, 1.54) is 36.0 Å². The van der Waals surface area contributed by atoms with E-state index in [-0.39, 0.29) is 17.0 Å². The van der Waals surface area contributed by atoms with Gasteiger partial charge in [-0.3, -0.25) is 4.79 Å². The first-order valence-corrected chi connectivity index (χ1v) is 6.73. The molecule has 0 saturated carbocycles. The van der Waals surface area contributed by atoms with E-state index in [1.807, 2.05) is 6.92 Å². The van der Waals surface area contributed by atoms with Gasteiger partial charge in [0.2, 0.25) is 5.91 Å². The fourth-order valence-corrected chi connectivity index (χ4v) is 2.14. The zero-order valence-electron chi connectivity index (χ0n) is 10.1. The molecule has 0 aromatic heterocycles. The van der Waals surface area contributed by atoms with Crippen LogP contribution >= 0.6 is 11.8 Å². The minimum atomic E-state index is -0.327. The molecule has 96 valence electrons. The van der Waals surface area contributed by atoms with E-state index in [2.05, 4.69) is 11.4 Å². The molecule has 1 aromatic rings. The number of nitrogens with zero attached hydrogens (tertiary/aromatic N) is 1. The van der Waals surface area contributed by atoms with Gasteiger partial charge in [-0.15, -0.1) is 11.8 Å². The summed E-state index contributed by atoms with van der Waals surface area (Å²) in [6.45, 7) is 1.82. The highest BCUT2D eigenvalue weighted by Gasteiger charge is 2.12. The molecule has 0 heterocycles. The van der Waals surface area contributed by atoms with Crippen LogP contribution in [0.15, 0.2) is 24.3 Å². The van der Waals surface area contributed by atoms with Crippen molar-refractivity contribution >= 4 is 23.4 Å². The van der Waals surface area contributed by atoms with Gasteiger partial charge in [-0.2, -0.15) is 5.26 Å². The number of nitriles is 1. The molecule has 0 radical (unpaired) electrons. The molecular formula is C13H15FN2OS. The van der Waals surface area contributed by atoms with Crippen molar-refractivity contribution in [1.82, 2.24) is 0 Å². The van der Waals surface area contributed by atoms with Crippen LogP contribution < -0.4 is 5.32 Å². The van der Waals surface area contributed by atoms with Crippen LogP contribution in [0.1, 0.15) is 19.8 Å². The van der Waals surface area contributed by atoms with Crippen molar-refractivity contribution in [2.24, 2.45) is 0 Å². The number of hydrogen-bond acceptors (Lipinski definition) is 3. The molecule has 0 aliphatic carbocycles. The Kier molecular flexibility index (Phi) is 6.23. The number of unbranched alkanes of at least 4 members (excludes halogenated alkanes) is 1. The molecule has 0 fully saturated rings. The van der Waals surface area contributed by atoms with Gasteiger partial charge in [0.25, 0.3) is 0 Å². The number of thioether (sulfide) groups is 1. The van der Waals surface area contributed by atoms with Crippen LogP contribution in [0, 0.1) is 17.1 Å². The third-order valence-electron chi connectivity index (χ3n) is 2.28. The molecule has 18 heavy (non-hydrogen) atoms. The summed E-state index contributed by atoms with van der Waals surface area (Å²) >= 11 is 1.51. The summed E-state index contributed by atoms with van der Waals surface area (Å²) in [6.07, 6.45) is 1.30. The predicted molar refractivity (Wildman–Crippen MR) is 71.8 cm³/mol. The van der Waals surface area contributed by atoms with Crippen molar-refractivity contribution < 1.29 is 9.18 Å². The Morgan fingerprint density at radius 2 is 2.17 bits per heavy atom. The van der Waals surface area contributed by atoms with Crippen LogP contribution in [0.25, 0.3) is 0 Å². The summed E-state index contributed by atoms with van der Waals surface area (Å²) in [6, 6.07) is 7.73. The molecule has 1 atom stereocenters. The molecule has 0 aliphatic heterocycles. The summed E-state index contributed by atoms with van der Waals surface area (Å²) < 4.78 is 12.7. The van der Waals surface area contributed by atoms with Gasteiger partial charge in [0.15, 0.2) is 0 Å². The lowest BCUT2D eigenvalue weighted by Crippen LogP contribution is -2.22. The SMILES string of the molecule is CC(SCCCC#N)C(=O)Nc1ccc(F)cc1. The van der Waals surface area contributed by atoms with Crippen LogP contribution in [0.4, 0.5) is 10.1 Å². The van der Waals surface area contributed by atoms with Gasteiger partial charge in [0.05, 0.1) is 11.3 Å². The number of hydrogen-bond donors (Lipinski definition) is 1. The van der Waals surface area contributed by atoms with Crippen LogP contribution in [0.2, 0.25) is 0 Å². The molecule has 1 unspecified atom stereocenters. The third-order valence-corrected chi connectivity index (χ3v) is 3.52. The average molecular weight is 266 g/mol. The Bertz CT molecular complexity index is 428. The van der Waals surface area contributed by atoms with Crippen molar-refractivity contribution in [1.29, 1.82) is 5.26 Å². The zero-order chi connectivity index (χ0) is 13.4. The number of carbonyl (C=O) groups excluding carboxylic acids is 1. The van der Waals surface area contributed by atoms with E-state index in [4.69, 9.17) is 5.26 Å². The highest BCUT2D eigenvalue weighted by Crippen LogP contribution is 2.15. The van der Waals surface area contributed by atoms with Crippen LogP contribution in [0.5, 0.6) is 0 Å². The van der Waals surface area contributed by atoms with Crippen molar-refractivity contribution in [3.05, 3.63) is 30.1 Å². The van der Waals surface area contributed by atoms with Crippen molar-refractivity contribution in [2.45, 2.75) is 25.0 Å². The Balaban J connectivity index is 2.35. The molecule has 0 saturated heterocycles. The predicted octanol–water partition coefficient (Wildman–Crippen LogP) is 3.19. The second kappa shape index (κ2) is 7.72. The summed E-state index contributed by atoms with van der Waals surface area (Å²) in [5, 5.41) is 10.9. The van der Waals surface area contributed by atoms with Crippen LogP contribution in [-0.4, -0.2) is 16.9 Å². The van der Waals surface area contributed by atoms with Crippen LogP contribution in [-0.2, 0) is 4.79 Å². The first-order valence-electron chi connectivity index (χ1n) is 5.68. The number of benzene rings is 1. The highest BCUT2D eigenvalue weighted by molar-refractivity contribution is 8.00. The fraction of sp³-hybridized carbons (Fsp3) is 0.385. The highest BCUT2D eigenvalue weighted by atomic mass is 32.2. The molecule has 0 spiro atoms. The molecular weight excluding hydrogens is 251 g/mol. The second-order valence-electron chi connectivity index (χ2n) is 3.77. The second-order valence-corrected chi connectivity index (χ2v) is 5.22. The summed E-state index contributed by atoms with van der Waals surface area (Å²) in [4.78, 5) is 11.8. The quantitative estimate of drug-likeness (QED) is 0.804. The van der Waals surface area contributed by atoms with E-state index in [1.54, 1.807) is 0 Å². The smallest absolute Gasteiger partial charge is 0.237 e. The number of nitrogens with one attached hydrogen (secondary N) is 1. The average Bonchev–Trinajstić information content (AvgIpc) is 2.37. The van der Waals surface area contributed by atoms with Crippen molar-refractivity contribution in [3.8, 4) is 6.07 Å². The normalized spacial score (nSPS) is 11.6. The zero-order valence-corrected chi connectivity index (χ0v) is 11.0. The van der Waals surface area contributed by atoms with Crippen molar-refractivity contribution in [2.75, 3.05) is 11.1 Å². The lowest BCUT2D eigenvalue weighted by atomic mass is 10.3. The van der Waals surface area contributed by atoms with Gasteiger partial charge in [-0.05, 0) is 43.4 Å². The van der Waals surface area contributed by atoms with E-state index in [0.29, 0.717) is 12.1 Å². The minimum absolute atomic E-state index is 0.108. The van der Waals surface area contributed by atoms with E-state index >= 15 is 0 Å². The lowest BCUT2D eigenvalue weighted by molar-refractivity contribution is -0.115. The Labute approximate surface area is 110 Å². The molecule has 1 N–H and O–H groups in total. The van der Waals surface area contributed by atoms with Crippen molar-refractivity contribution in [3.63, 3.8) is 0 Å². The first-order chi connectivity index (χ1) is 8.63. The molecule has 1 rings (SSSR count). The molecule has 1 aromatic carbocycles. The molecule has 0 bridgehead atoms. The largest absolute Gasteiger partial charge is 0.325 e. The maximum atomic E-state index is 12.7. The van der Waals surface area contributed by atoms with Gasteiger partial charge in [0.1, 0.15) is 5.82 Å². The summed E-state index contributed by atoms with van der Waals surface area (Å²) in [7, 11) is 0. The lowest BCUT2D eigenvalue weighted by Gasteiger charge is -2.11. The standard InChI is InChI=1S/C13H15FN2OS/c1-10(18-9-3-2-8-15)13(17)16-12-6-4-11(14)5-7-12/h4-7,10H,2-3,9H2,1H3,(H,16,17). The number of anilines is 1. The Morgan fingerprint density at radius 1 is 1.50 bits per heavy atom. The molecule has 0 aliphatic rings. The molecule has 5 heteroatoms.